The molecule has 0 heterocycles. The van der Waals surface area contributed by atoms with E-state index in [9.17, 15) is 4.79 Å². The molecule has 0 aromatic heterocycles. The highest BCUT2D eigenvalue weighted by Crippen LogP contribution is 2.40. The molecule has 0 bridgehead atoms. The Labute approximate surface area is 140 Å². The van der Waals surface area contributed by atoms with Crippen molar-refractivity contribution in [3.05, 3.63) is 34.3 Å². The highest BCUT2D eigenvalue weighted by Gasteiger charge is 2.45. The van der Waals surface area contributed by atoms with Crippen LogP contribution >= 0.6 is 15.9 Å². The fourth-order valence-corrected chi connectivity index (χ4v) is 3.33. The zero-order valence-corrected chi connectivity index (χ0v) is 14.4. The van der Waals surface area contributed by atoms with Gasteiger partial charge in [0.15, 0.2) is 0 Å². The average molecular weight is 367 g/mol. The third kappa shape index (κ3) is 4.56. The number of hydrogen-bond acceptors (Lipinski definition) is 3. The molecule has 2 unspecified atom stereocenters. The molecule has 0 saturated heterocycles. The number of hydrogen-bond donors (Lipinski definition) is 0. The standard InChI is InChI=1S/C18H23BrO3/c19-15-8-6-13(7-9-15)11-21-12-14-10-17(14)18(20)22-16-4-2-1-3-5-16/h6-9,14,16-17H,1-5,10-12H2. The Balaban J connectivity index is 1.33. The largest absolute Gasteiger partial charge is 0.462 e. The van der Waals surface area contributed by atoms with Crippen molar-refractivity contribution >= 4 is 21.9 Å². The molecule has 22 heavy (non-hydrogen) atoms. The van der Waals surface area contributed by atoms with E-state index in [4.69, 9.17) is 9.47 Å². The molecule has 0 aliphatic heterocycles. The van der Waals surface area contributed by atoms with Gasteiger partial charge in [-0.2, -0.15) is 0 Å². The molecule has 2 atom stereocenters. The molecule has 3 nitrogen and oxygen atoms in total. The van der Waals surface area contributed by atoms with Crippen LogP contribution in [0.3, 0.4) is 0 Å². The lowest BCUT2D eigenvalue weighted by Crippen LogP contribution is -2.22. The SMILES string of the molecule is O=C(OC1CCCCC1)C1CC1COCc1ccc(Br)cc1. The number of halogens is 1. The van der Waals surface area contributed by atoms with E-state index in [-0.39, 0.29) is 18.0 Å². The second kappa shape index (κ2) is 7.60. The molecule has 1 aromatic rings. The molecule has 0 radical (unpaired) electrons. The average Bonchev–Trinajstić information content (AvgIpc) is 3.30. The van der Waals surface area contributed by atoms with E-state index in [1.807, 2.05) is 24.3 Å². The van der Waals surface area contributed by atoms with Crippen molar-refractivity contribution in [2.45, 2.75) is 51.2 Å². The van der Waals surface area contributed by atoms with Gasteiger partial charge >= 0.3 is 5.97 Å². The van der Waals surface area contributed by atoms with Gasteiger partial charge in [-0.15, -0.1) is 0 Å². The first kappa shape index (κ1) is 16.0. The molecule has 2 aliphatic carbocycles. The van der Waals surface area contributed by atoms with Crippen LogP contribution in [0.15, 0.2) is 28.7 Å². The summed E-state index contributed by atoms with van der Waals surface area (Å²) in [5.41, 5.74) is 1.16. The number of esters is 1. The quantitative estimate of drug-likeness (QED) is 0.696. The van der Waals surface area contributed by atoms with Crippen molar-refractivity contribution in [1.82, 2.24) is 0 Å². The number of ether oxygens (including phenoxy) is 2. The third-order valence-corrected chi connectivity index (χ3v) is 5.10. The molecule has 2 fully saturated rings. The molecule has 4 heteroatoms. The topological polar surface area (TPSA) is 35.5 Å². The normalized spacial score (nSPS) is 25.0. The van der Waals surface area contributed by atoms with E-state index in [2.05, 4.69) is 15.9 Å². The number of carbonyl (C=O) groups excluding carboxylic acids is 1. The Bertz CT molecular complexity index is 494. The molecule has 2 aliphatic rings. The molecular weight excluding hydrogens is 344 g/mol. The van der Waals surface area contributed by atoms with Crippen LogP contribution in [-0.4, -0.2) is 18.7 Å². The monoisotopic (exact) mass is 366 g/mol. The first-order chi connectivity index (χ1) is 10.7. The van der Waals surface area contributed by atoms with Crippen LogP contribution in [0, 0.1) is 11.8 Å². The first-order valence-corrected chi connectivity index (χ1v) is 9.04. The summed E-state index contributed by atoms with van der Waals surface area (Å²) in [5, 5.41) is 0. The van der Waals surface area contributed by atoms with Crippen LogP contribution < -0.4 is 0 Å². The summed E-state index contributed by atoms with van der Waals surface area (Å²) in [7, 11) is 0. The fourth-order valence-electron chi connectivity index (χ4n) is 3.06. The van der Waals surface area contributed by atoms with Crippen molar-refractivity contribution in [3.8, 4) is 0 Å². The maximum Gasteiger partial charge on any atom is 0.309 e. The van der Waals surface area contributed by atoms with Gasteiger partial charge in [-0.05, 0) is 55.7 Å². The molecule has 0 amide bonds. The van der Waals surface area contributed by atoms with Gasteiger partial charge in [0.1, 0.15) is 6.10 Å². The lowest BCUT2D eigenvalue weighted by Gasteiger charge is -2.21. The minimum Gasteiger partial charge on any atom is -0.462 e. The van der Waals surface area contributed by atoms with Gasteiger partial charge in [0.05, 0.1) is 19.1 Å². The summed E-state index contributed by atoms with van der Waals surface area (Å²) < 4.78 is 12.4. The lowest BCUT2D eigenvalue weighted by molar-refractivity contribution is -0.152. The minimum absolute atomic E-state index is 0.00383. The molecule has 0 N–H and O–H groups in total. The maximum absolute atomic E-state index is 12.1. The minimum atomic E-state index is 0.00383. The van der Waals surface area contributed by atoms with Gasteiger partial charge in [0.2, 0.25) is 0 Å². The highest BCUT2D eigenvalue weighted by atomic mass is 79.9. The van der Waals surface area contributed by atoms with Crippen LogP contribution in [0.2, 0.25) is 0 Å². The maximum atomic E-state index is 12.1. The third-order valence-electron chi connectivity index (χ3n) is 4.57. The molecule has 1 aromatic carbocycles. The van der Waals surface area contributed by atoms with Gasteiger partial charge in [0, 0.05) is 4.47 Å². The van der Waals surface area contributed by atoms with Gasteiger partial charge in [0.25, 0.3) is 0 Å². The van der Waals surface area contributed by atoms with Crippen molar-refractivity contribution in [1.29, 1.82) is 0 Å². The Kier molecular flexibility index (Phi) is 5.53. The van der Waals surface area contributed by atoms with E-state index in [0.717, 1.165) is 29.3 Å². The van der Waals surface area contributed by atoms with Gasteiger partial charge in [-0.1, -0.05) is 34.5 Å². The van der Waals surface area contributed by atoms with Gasteiger partial charge in [-0.3, -0.25) is 4.79 Å². The second-order valence-electron chi connectivity index (χ2n) is 6.44. The second-order valence-corrected chi connectivity index (χ2v) is 7.36. The van der Waals surface area contributed by atoms with Crippen molar-refractivity contribution in [2.24, 2.45) is 11.8 Å². The molecule has 3 rings (SSSR count). The van der Waals surface area contributed by atoms with Crippen molar-refractivity contribution in [3.63, 3.8) is 0 Å². The Morgan fingerprint density at radius 3 is 2.59 bits per heavy atom. The fraction of sp³-hybridized carbons (Fsp3) is 0.611. The van der Waals surface area contributed by atoms with E-state index in [1.54, 1.807) is 0 Å². The van der Waals surface area contributed by atoms with Crippen LogP contribution in [-0.2, 0) is 20.9 Å². The summed E-state index contributed by atoms with van der Waals surface area (Å²) in [5.74, 6) is 0.433. The molecule has 120 valence electrons. The van der Waals surface area contributed by atoms with Crippen LogP contribution in [0.25, 0.3) is 0 Å². The number of rotatable bonds is 6. The number of carbonyl (C=O) groups is 1. The van der Waals surface area contributed by atoms with E-state index in [0.29, 0.717) is 19.1 Å². The summed E-state index contributed by atoms with van der Waals surface area (Å²) in [6.07, 6.45) is 6.86. The van der Waals surface area contributed by atoms with Gasteiger partial charge in [-0.25, -0.2) is 0 Å². The smallest absolute Gasteiger partial charge is 0.309 e. The number of benzene rings is 1. The Morgan fingerprint density at radius 1 is 1.14 bits per heavy atom. The first-order valence-electron chi connectivity index (χ1n) is 8.25. The predicted octanol–water partition coefficient (Wildman–Crippen LogP) is 4.48. The van der Waals surface area contributed by atoms with Gasteiger partial charge < -0.3 is 9.47 Å². The summed E-state index contributed by atoms with van der Waals surface area (Å²) >= 11 is 3.42. The van der Waals surface area contributed by atoms with E-state index in [1.165, 1.54) is 19.3 Å². The molecule has 0 spiro atoms. The highest BCUT2D eigenvalue weighted by molar-refractivity contribution is 9.10. The molecule has 2 saturated carbocycles. The lowest BCUT2D eigenvalue weighted by atomic mass is 9.98. The van der Waals surface area contributed by atoms with E-state index >= 15 is 0 Å². The van der Waals surface area contributed by atoms with E-state index < -0.39 is 0 Å². The van der Waals surface area contributed by atoms with Crippen molar-refractivity contribution in [2.75, 3.05) is 6.61 Å². The predicted molar refractivity (Wildman–Crippen MR) is 88.4 cm³/mol. The summed E-state index contributed by atoms with van der Waals surface area (Å²) in [6.45, 7) is 1.26. The van der Waals surface area contributed by atoms with Crippen LogP contribution in [0.1, 0.15) is 44.1 Å². The van der Waals surface area contributed by atoms with Crippen LogP contribution in [0.5, 0.6) is 0 Å². The zero-order valence-electron chi connectivity index (χ0n) is 12.8. The molecular formula is C18H23BrO3. The summed E-state index contributed by atoms with van der Waals surface area (Å²) in [6, 6.07) is 8.12. The van der Waals surface area contributed by atoms with Crippen LogP contribution in [0.4, 0.5) is 0 Å². The van der Waals surface area contributed by atoms with Crippen molar-refractivity contribution < 1.29 is 14.3 Å². The zero-order chi connectivity index (χ0) is 15.4. The Hall–Kier alpha value is -0.870. The summed E-state index contributed by atoms with van der Waals surface area (Å²) in [4.78, 5) is 12.1. The Morgan fingerprint density at radius 2 is 1.86 bits per heavy atom.